The molecule has 0 aliphatic carbocycles. The fourth-order valence-electron chi connectivity index (χ4n) is 1.21. The Kier molecular flexibility index (Phi) is 1.62. The number of fused-ring (bicyclic) bond motifs is 1. The Bertz CT molecular complexity index is 385. The molecule has 2 rings (SSSR count). The highest BCUT2D eigenvalue weighted by Gasteiger charge is 2.06. The van der Waals surface area contributed by atoms with Crippen LogP contribution < -0.4 is 10.7 Å². The van der Waals surface area contributed by atoms with Gasteiger partial charge in [0.25, 0.3) is 0 Å². The molecule has 0 spiro atoms. The summed E-state index contributed by atoms with van der Waals surface area (Å²) in [7, 11) is 0. The number of nitrogens with two attached hydrogens (primary N) is 1. The monoisotopic (exact) mass is 179 g/mol. The molecule has 3 N–H and O–H groups in total. The summed E-state index contributed by atoms with van der Waals surface area (Å²) in [6.07, 6.45) is 1.83. The molecule has 0 fully saturated rings. The van der Waals surface area contributed by atoms with Crippen LogP contribution in [0.4, 0.5) is 5.69 Å². The molecule has 1 heterocycles. The summed E-state index contributed by atoms with van der Waals surface area (Å²) in [6, 6.07) is 7.42. The van der Waals surface area contributed by atoms with E-state index >= 15 is 0 Å². The van der Waals surface area contributed by atoms with E-state index in [9.17, 15) is 0 Å². The lowest BCUT2D eigenvalue weighted by Crippen LogP contribution is -2.04. The zero-order valence-corrected chi connectivity index (χ0v) is 7.10. The second-order valence-electron chi connectivity index (χ2n) is 2.60. The molecule has 0 radical (unpaired) electrons. The molecule has 0 saturated carbocycles. The van der Waals surface area contributed by atoms with Crippen molar-refractivity contribution in [3.63, 3.8) is 0 Å². The van der Waals surface area contributed by atoms with Crippen LogP contribution in [0.3, 0.4) is 0 Å². The Morgan fingerprint density at radius 1 is 1.25 bits per heavy atom. The van der Waals surface area contributed by atoms with Crippen molar-refractivity contribution < 1.29 is 4.98 Å². The van der Waals surface area contributed by atoms with E-state index in [1.807, 2.05) is 18.3 Å². The zero-order chi connectivity index (χ0) is 8.55. The van der Waals surface area contributed by atoms with Gasteiger partial charge in [0.1, 0.15) is 5.69 Å². The molecule has 0 saturated heterocycles. The van der Waals surface area contributed by atoms with Crippen LogP contribution in [0.2, 0.25) is 5.02 Å². The summed E-state index contributed by atoms with van der Waals surface area (Å²) in [5, 5.41) is 1.68. The van der Waals surface area contributed by atoms with E-state index in [1.54, 1.807) is 12.1 Å². The van der Waals surface area contributed by atoms with Gasteiger partial charge >= 0.3 is 0 Å². The molecule has 3 heteroatoms. The molecular weight excluding hydrogens is 172 g/mol. The maximum Gasteiger partial charge on any atom is 0.235 e. The minimum Gasteiger partial charge on any atom is -0.393 e. The highest BCUT2D eigenvalue weighted by atomic mass is 35.5. The first-order valence-electron chi connectivity index (χ1n) is 3.63. The molecule has 1 aromatic heterocycles. The van der Waals surface area contributed by atoms with E-state index in [0.717, 1.165) is 21.6 Å². The van der Waals surface area contributed by atoms with Gasteiger partial charge < -0.3 is 5.73 Å². The molecule has 2 nitrogen and oxygen atoms in total. The first kappa shape index (κ1) is 7.37. The number of pyridine rings is 1. The topological polar surface area (TPSA) is 40.2 Å². The van der Waals surface area contributed by atoms with Crippen molar-refractivity contribution in [3.8, 4) is 0 Å². The van der Waals surface area contributed by atoms with Crippen molar-refractivity contribution in [3.05, 3.63) is 35.5 Å². The summed E-state index contributed by atoms with van der Waals surface area (Å²) >= 11 is 5.95. The van der Waals surface area contributed by atoms with Crippen LogP contribution in [0.5, 0.6) is 0 Å². The molecule has 60 valence electrons. The first-order chi connectivity index (χ1) is 5.79. The van der Waals surface area contributed by atoms with Crippen LogP contribution in [0.1, 0.15) is 0 Å². The van der Waals surface area contributed by atoms with Crippen molar-refractivity contribution in [2.75, 3.05) is 5.73 Å². The number of rotatable bonds is 0. The fourth-order valence-corrected chi connectivity index (χ4v) is 1.43. The lowest BCUT2D eigenvalue weighted by molar-refractivity contribution is -0.344. The third-order valence-electron chi connectivity index (χ3n) is 1.81. The van der Waals surface area contributed by atoms with Crippen molar-refractivity contribution in [2.45, 2.75) is 0 Å². The molecule has 1 aromatic carbocycles. The van der Waals surface area contributed by atoms with E-state index < -0.39 is 0 Å². The molecule has 0 bridgehead atoms. The number of nitrogens with one attached hydrogen (secondary N) is 1. The minimum atomic E-state index is 0.718. The number of H-pyrrole nitrogens is 1. The average molecular weight is 180 g/mol. The summed E-state index contributed by atoms with van der Waals surface area (Å²) in [4.78, 5) is 3.05. The van der Waals surface area contributed by atoms with Crippen LogP contribution in [0.15, 0.2) is 30.5 Å². The standard InChI is InChI=1S/C9H7ClN2/c10-7-3-4-8(11)9-6(7)2-1-5-12-9/h1-5H,11H2/p+1. The third kappa shape index (κ3) is 1.01. The highest BCUT2D eigenvalue weighted by Crippen LogP contribution is 2.23. The predicted octanol–water partition coefficient (Wildman–Crippen LogP) is 1.89. The van der Waals surface area contributed by atoms with Gasteiger partial charge in [-0.15, -0.1) is 0 Å². The van der Waals surface area contributed by atoms with Gasteiger partial charge in [0, 0.05) is 6.07 Å². The van der Waals surface area contributed by atoms with Crippen LogP contribution >= 0.6 is 11.6 Å². The Labute approximate surface area is 75.0 Å². The second-order valence-corrected chi connectivity index (χ2v) is 3.00. The Balaban J connectivity index is 2.95. The number of halogens is 1. The van der Waals surface area contributed by atoms with Gasteiger partial charge in [-0.1, -0.05) is 11.6 Å². The number of aromatic amines is 1. The number of hydrogen-bond acceptors (Lipinski definition) is 1. The number of nitrogen functional groups attached to an aromatic ring is 1. The van der Waals surface area contributed by atoms with Crippen molar-refractivity contribution >= 4 is 28.2 Å². The zero-order valence-electron chi connectivity index (χ0n) is 6.34. The van der Waals surface area contributed by atoms with E-state index in [-0.39, 0.29) is 0 Å². The smallest absolute Gasteiger partial charge is 0.235 e. The van der Waals surface area contributed by atoms with Crippen LogP contribution in [0.25, 0.3) is 10.9 Å². The lowest BCUT2D eigenvalue weighted by atomic mass is 10.2. The van der Waals surface area contributed by atoms with Gasteiger partial charge in [-0.2, -0.15) is 0 Å². The van der Waals surface area contributed by atoms with E-state index in [2.05, 4.69) is 4.98 Å². The first-order valence-corrected chi connectivity index (χ1v) is 4.01. The van der Waals surface area contributed by atoms with Crippen LogP contribution in [-0.4, -0.2) is 0 Å². The lowest BCUT2D eigenvalue weighted by Gasteiger charge is -1.96. The molecular formula is C9H8ClN2+. The van der Waals surface area contributed by atoms with Crippen molar-refractivity contribution in [1.82, 2.24) is 0 Å². The van der Waals surface area contributed by atoms with E-state index in [4.69, 9.17) is 17.3 Å². The van der Waals surface area contributed by atoms with Crippen LogP contribution in [-0.2, 0) is 0 Å². The summed E-state index contributed by atoms with van der Waals surface area (Å²) in [6.45, 7) is 0. The fraction of sp³-hybridized carbons (Fsp3) is 0. The SMILES string of the molecule is Nc1ccc(Cl)c2ccc[nH+]c12. The Morgan fingerprint density at radius 2 is 2.08 bits per heavy atom. The number of benzene rings is 1. The minimum absolute atomic E-state index is 0.718. The molecule has 0 amide bonds. The predicted molar refractivity (Wildman–Crippen MR) is 49.9 cm³/mol. The quantitative estimate of drug-likeness (QED) is 0.617. The maximum absolute atomic E-state index is 5.95. The Hall–Kier alpha value is -1.28. The molecule has 0 atom stereocenters. The average Bonchev–Trinajstić information content (AvgIpc) is 2.12. The number of hydrogen-bond donors (Lipinski definition) is 1. The van der Waals surface area contributed by atoms with Crippen molar-refractivity contribution in [2.24, 2.45) is 0 Å². The maximum atomic E-state index is 5.95. The third-order valence-corrected chi connectivity index (χ3v) is 2.14. The second kappa shape index (κ2) is 2.64. The van der Waals surface area contributed by atoms with Gasteiger partial charge in [0.15, 0.2) is 6.20 Å². The van der Waals surface area contributed by atoms with Gasteiger partial charge in [-0.3, -0.25) is 0 Å². The van der Waals surface area contributed by atoms with Crippen LogP contribution in [0, 0.1) is 0 Å². The number of aromatic nitrogens is 1. The van der Waals surface area contributed by atoms with Gasteiger partial charge in [-0.25, -0.2) is 4.98 Å². The highest BCUT2D eigenvalue weighted by molar-refractivity contribution is 6.35. The number of anilines is 1. The van der Waals surface area contributed by atoms with Crippen molar-refractivity contribution in [1.29, 1.82) is 0 Å². The largest absolute Gasteiger partial charge is 0.393 e. The summed E-state index contributed by atoms with van der Waals surface area (Å²) < 4.78 is 0. The van der Waals surface area contributed by atoms with Gasteiger partial charge in [-0.05, 0) is 18.2 Å². The summed E-state index contributed by atoms with van der Waals surface area (Å²) in [5.74, 6) is 0. The molecule has 0 unspecified atom stereocenters. The van der Waals surface area contributed by atoms with Gasteiger partial charge in [0.2, 0.25) is 5.52 Å². The molecule has 2 aromatic rings. The normalized spacial score (nSPS) is 10.4. The van der Waals surface area contributed by atoms with E-state index in [1.165, 1.54) is 0 Å². The molecule has 0 aliphatic rings. The molecule has 0 aliphatic heterocycles. The Morgan fingerprint density at radius 3 is 2.83 bits per heavy atom. The van der Waals surface area contributed by atoms with E-state index in [0.29, 0.717) is 0 Å². The molecule has 12 heavy (non-hydrogen) atoms. The summed E-state index contributed by atoms with van der Waals surface area (Å²) in [5.41, 5.74) is 7.35. The van der Waals surface area contributed by atoms with Gasteiger partial charge in [0.05, 0.1) is 10.4 Å².